The van der Waals surface area contributed by atoms with Crippen molar-refractivity contribution in [2.45, 2.75) is 19.3 Å². The molecule has 1 aliphatic carbocycles. The van der Waals surface area contributed by atoms with E-state index >= 15 is 0 Å². The molecule has 0 amide bonds. The first-order valence-corrected chi connectivity index (χ1v) is 8.28. The second-order valence-corrected chi connectivity index (χ2v) is 6.44. The standard InChI is InChI=1S/C20H21NO5/c1-24-16-8-14-11-20(12-18(22)26-3,10-13-4-6-21-7-5-13)19(23)15(14)9-17(16)25-2/h4-9H,10-12H2,1-3H3. The molecule has 1 unspecified atom stereocenters. The maximum atomic E-state index is 13.3. The molecule has 0 N–H and O–H groups in total. The Hall–Kier alpha value is -2.89. The van der Waals surface area contributed by atoms with Crippen molar-refractivity contribution in [3.8, 4) is 11.5 Å². The normalized spacial score (nSPS) is 18.3. The van der Waals surface area contributed by atoms with Crippen molar-refractivity contribution >= 4 is 11.8 Å². The number of fused-ring (bicyclic) bond motifs is 1. The van der Waals surface area contributed by atoms with Gasteiger partial charge in [0.25, 0.3) is 0 Å². The van der Waals surface area contributed by atoms with Crippen LogP contribution in [0, 0.1) is 5.41 Å². The average molecular weight is 355 g/mol. The number of pyridine rings is 1. The van der Waals surface area contributed by atoms with Crippen LogP contribution in [0.3, 0.4) is 0 Å². The SMILES string of the molecule is COC(=O)CC1(Cc2ccncc2)Cc2cc(OC)c(OC)cc2C1=O. The fourth-order valence-corrected chi connectivity index (χ4v) is 3.60. The van der Waals surface area contributed by atoms with Crippen molar-refractivity contribution < 1.29 is 23.8 Å². The predicted octanol–water partition coefficient (Wildman–Crippen LogP) is 2.63. The summed E-state index contributed by atoms with van der Waals surface area (Å²) in [6, 6.07) is 7.23. The summed E-state index contributed by atoms with van der Waals surface area (Å²) >= 11 is 0. The van der Waals surface area contributed by atoms with Crippen LogP contribution in [0.2, 0.25) is 0 Å². The minimum absolute atomic E-state index is 0.0178. The van der Waals surface area contributed by atoms with E-state index in [4.69, 9.17) is 14.2 Å². The Morgan fingerprint density at radius 3 is 2.38 bits per heavy atom. The zero-order chi connectivity index (χ0) is 18.7. The van der Waals surface area contributed by atoms with Crippen molar-refractivity contribution in [3.05, 3.63) is 53.3 Å². The molecule has 0 spiro atoms. The predicted molar refractivity (Wildman–Crippen MR) is 94.6 cm³/mol. The number of Topliss-reactive ketones (excluding diaryl/α,β-unsaturated/α-hetero) is 1. The van der Waals surface area contributed by atoms with Gasteiger partial charge in [-0.05, 0) is 48.2 Å². The molecule has 1 heterocycles. The average Bonchev–Trinajstić information content (AvgIpc) is 2.92. The number of carbonyl (C=O) groups excluding carboxylic acids is 2. The molecule has 0 fully saturated rings. The first-order chi connectivity index (χ1) is 12.5. The number of esters is 1. The fraction of sp³-hybridized carbons (Fsp3) is 0.350. The molecule has 1 aromatic heterocycles. The number of ketones is 1. The number of ether oxygens (including phenoxy) is 3. The number of carbonyl (C=O) groups is 2. The first kappa shape index (κ1) is 17.9. The molecule has 0 aliphatic heterocycles. The smallest absolute Gasteiger partial charge is 0.306 e. The lowest BCUT2D eigenvalue weighted by molar-refractivity contribution is -0.142. The molecular weight excluding hydrogens is 334 g/mol. The van der Waals surface area contributed by atoms with Crippen molar-refractivity contribution in [2.24, 2.45) is 5.41 Å². The summed E-state index contributed by atoms with van der Waals surface area (Å²) in [4.78, 5) is 29.4. The van der Waals surface area contributed by atoms with E-state index < -0.39 is 11.4 Å². The molecule has 0 bridgehead atoms. The molecule has 136 valence electrons. The van der Waals surface area contributed by atoms with Crippen molar-refractivity contribution in [3.63, 3.8) is 0 Å². The third kappa shape index (κ3) is 3.14. The summed E-state index contributed by atoms with van der Waals surface area (Å²) in [7, 11) is 4.42. The second-order valence-electron chi connectivity index (χ2n) is 6.44. The van der Waals surface area contributed by atoms with E-state index in [-0.39, 0.29) is 12.2 Å². The molecule has 3 rings (SSSR count). The van der Waals surface area contributed by atoms with Gasteiger partial charge in [-0.15, -0.1) is 0 Å². The molecule has 2 aromatic rings. The largest absolute Gasteiger partial charge is 0.493 e. The van der Waals surface area contributed by atoms with Gasteiger partial charge in [-0.3, -0.25) is 14.6 Å². The van der Waals surface area contributed by atoms with Crippen LogP contribution in [0.15, 0.2) is 36.7 Å². The fourth-order valence-electron chi connectivity index (χ4n) is 3.60. The quantitative estimate of drug-likeness (QED) is 0.742. The van der Waals surface area contributed by atoms with E-state index in [9.17, 15) is 9.59 Å². The highest BCUT2D eigenvalue weighted by Crippen LogP contribution is 2.45. The minimum atomic E-state index is -0.881. The Bertz CT molecular complexity index is 834. The topological polar surface area (TPSA) is 74.7 Å². The highest BCUT2D eigenvalue weighted by atomic mass is 16.5. The van der Waals surface area contributed by atoms with Crippen LogP contribution < -0.4 is 9.47 Å². The Morgan fingerprint density at radius 2 is 1.77 bits per heavy atom. The van der Waals surface area contributed by atoms with Crippen LogP contribution in [0.25, 0.3) is 0 Å². The van der Waals surface area contributed by atoms with Crippen LogP contribution in [0.1, 0.15) is 27.9 Å². The van der Waals surface area contributed by atoms with Gasteiger partial charge in [0.05, 0.1) is 33.2 Å². The molecule has 1 aromatic carbocycles. The van der Waals surface area contributed by atoms with Crippen LogP contribution in [-0.4, -0.2) is 38.1 Å². The molecule has 6 nitrogen and oxygen atoms in total. The molecule has 26 heavy (non-hydrogen) atoms. The Kier molecular flexibility index (Phi) is 4.93. The van der Waals surface area contributed by atoms with E-state index in [1.54, 1.807) is 25.6 Å². The molecule has 6 heteroatoms. The van der Waals surface area contributed by atoms with Gasteiger partial charge >= 0.3 is 5.97 Å². The van der Waals surface area contributed by atoms with Crippen LogP contribution in [0.4, 0.5) is 0 Å². The van der Waals surface area contributed by atoms with Gasteiger partial charge in [-0.1, -0.05) is 0 Å². The number of hydrogen-bond donors (Lipinski definition) is 0. The van der Waals surface area contributed by atoms with Crippen LogP contribution in [-0.2, 0) is 22.4 Å². The third-order valence-corrected chi connectivity index (χ3v) is 4.87. The molecule has 1 aliphatic rings. The maximum absolute atomic E-state index is 13.3. The minimum Gasteiger partial charge on any atom is -0.493 e. The summed E-state index contributed by atoms with van der Waals surface area (Å²) in [6.07, 6.45) is 4.26. The summed E-state index contributed by atoms with van der Waals surface area (Å²) < 4.78 is 15.5. The first-order valence-electron chi connectivity index (χ1n) is 8.28. The lowest BCUT2D eigenvalue weighted by Gasteiger charge is -2.26. The Balaban J connectivity index is 2.04. The molecular formula is C20H21NO5. The second kappa shape index (κ2) is 7.15. The summed E-state index contributed by atoms with van der Waals surface area (Å²) in [5.41, 5.74) is 1.49. The maximum Gasteiger partial charge on any atom is 0.306 e. The number of hydrogen-bond acceptors (Lipinski definition) is 6. The van der Waals surface area contributed by atoms with E-state index in [0.717, 1.165) is 11.1 Å². The van der Waals surface area contributed by atoms with Gasteiger partial charge in [0.2, 0.25) is 0 Å². The molecule has 1 atom stereocenters. The zero-order valence-electron chi connectivity index (χ0n) is 15.1. The van der Waals surface area contributed by atoms with Crippen molar-refractivity contribution in [1.82, 2.24) is 4.98 Å². The van der Waals surface area contributed by atoms with Gasteiger partial charge in [0.1, 0.15) is 0 Å². The number of benzene rings is 1. The molecule has 0 radical (unpaired) electrons. The van der Waals surface area contributed by atoms with Gasteiger partial charge in [-0.2, -0.15) is 0 Å². The Morgan fingerprint density at radius 1 is 1.12 bits per heavy atom. The van der Waals surface area contributed by atoms with E-state index in [2.05, 4.69) is 4.98 Å². The summed E-state index contributed by atoms with van der Waals surface area (Å²) in [6.45, 7) is 0. The summed E-state index contributed by atoms with van der Waals surface area (Å²) in [5.74, 6) is 0.587. The number of rotatable bonds is 6. The monoisotopic (exact) mass is 355 g/mol. The van der Waals surface area contributed by atoms with Crippen LogP contribution >= 0.6 is 0 Å². The zero-order valence-corrected chi connectivity index (χ0v) is 15.1. The number of aromatic nitrogens is 1. The number of nitrogens with zero attached hydrogens (tertiary/aromatic N) is 1. The lowest BCUT2D eigenvalue weighted by Crippen LogP contribution is -2.34. The molecule has 0 saturated heterocycles. The van der Waals surface area contributed by atoms with E-state index in [0.29, 0.717) is 29.9 Å². The van der Waals surface area contributed by atoms with Crippen molar-refractivity contribution in [1.29, 1.82) is 0 Å². The van der Waals surface area contributed by atoms with Gasteiger partial charge in [-0.25, -0.2) is 0 Å². The van der Waals surface area contributed by atoms with E-state index in [1.165, 1.54) is 14.2 Å². The molecule has 0 saturated carbocycles. The van der Waals surface area contributed by atoms with Gasteiger partial charge < -0.3 is 14.2 Å². The van der Waals surface area contributed by atoms with Gasteiger partial charge in [0, 0.05) is 18.0 Å². The van der Waals surface area contributed by atoms with Gasteiger partial charge in [0.15, 0.2) is 17.3 Å². The van der Waals surface area contributed by atoms with E-state index in [1.807, 2.05) is 18.2 Å². The summed E-state index contributed by atoms with van der Waals surface area (Å²) in [5, 5.41) is 0. The lowest BCUT2D eigenvalue weighted by atomic mass is 9.75. The Labute approximate surface area is 152 Å². The van der Waals surface area contributed by atoms with Crippen molar-refractivity contribution in [2.75, 3.05) is 21.3 Å². The van der Waals surface area contributed by atoms with Crippen LogP contribution in [0.5, 0.6) is 11.5 Å². The number of methoxy groups -OCH3 is 3. The third-order valence-electron chi connectivity index (χ3n) is 4.87. The highest BCUT2D eigenvalue weighted by molar-refractivity contribution is 6.07. The highest BCUT2D eigenvalue weighted by Gasteiger charge is 2.47.